The molecule has 0 spiro atoms. The third-order valence-electron chi connectivity index (χ3n) is 2.92. The molecule has 0 aliphatic carbocycles. The number of pyridine rings is 1. The van der Waals surface area contributed by atoms with Crippen LogP contribution >= 0.6 is 0 Å². The van der Waals surface area contributed by atoms with Crippen LogP contribution in [0.1, 0.15) is 12.0 Å². The van der Waals surface area contributed by atoms with Crippen molar-refractivity contribution in [3.8, 4) is 0 Å². The van der Waals surface area contributed by atoms with Crippen LogP contribution in [0.4, 0.5) is 0 Å². The van der Waals surface area contributed by atoms with Gasteiger partial charge in [-0.15, -0.1) is 0 Å². The fourth-order valence-electron chi connectivity index (χ4n) is 1.94. The number of ether oxygens (including phenoxy) is 1. The van der Waals surface area contributed by atoms with Gasteiger partial charge in [-0.1, -0.05) is 0 Å². The van der Waals surface area contributed by atoms with E-state index in [4.69, 9.17) is 4.74 Å². The lowest BCUT2D eigenvalue weighted by Crippen LogP contribution is -2.44. The van der Waals surface area contributed by atoms with E-state index < -0.39 is 0 Å². The van der Waals surface area contributed by atoms with E-state index in [0.717, 1.165) is 19.6 Å². The summed E-state index contributed by atoms with van der Waals surface area (Å²) in [5, 5.41) is 6.19. The highest BCUT2D eigenvalue weighted by molar-refractivity contribution is 5.76. The Morgan fingerprint density at radius 3 is 3.06 bits per heavy atom. The van der Waals surface area contributed by atoms with Crippen LogP contribution < -0.4 is 10.6 Å². The average Bonchev–Trinajstić information content (AvgIpc) is 2.41. The van der Waals surface area contributed by atoms with Crippen molar-refractivity contribution in [2.75, 3.05) is 26.3 Å². The topological polar surface area (TPSA) is 63.2 Å². The van der Waals surface area contributed by atoms with Crippen LogP contribution in [-0.4, -0.2) is 43.2 Å². The maximum atomic E-state index is 11.7. The molecule has 0 saturated carbocycles. The second-order valence-electron chi connectivity index (χ2n) is 4.39. The average molecular weight is 249 g/mol. The van der Waals surface area contributed by atoms with E-state index in [1.807, 2.05) is 12.1 Å². The van der Waals surface area contributed by atoms with Gasteiger partial charge in [0.1, 0.15) is 0 Å². The summed E-state index contributed by atoms with van der Waals surface area (Å²) in [7, 11) is 0. The molecule has 5 nitrogen and oxygen atoms in total. The molecular formula is C13H19N3O2. The first-order valence-corrected chi connectivity index (χ1v) is 6.31. The van der Waals surface area contributed by atoms with Crippen molar-refractivity contribution in [3.05, 3.63) is 30.1 Å². The van der Waals surface area contributed by atoms with E-state index in [1.165, 1.54) is 5.56 Å². The van der Waals surface area contributed by atoms with E-state index in [0.29, 0.717) is 19.6 Å². The molecule has 1 aromatic heterocycles. The highest BCUT2D eigenvalue weighted by Gasteiger charge is 2.16. The quantitative estimate of drug-likeness (QED) is 0.778. The summed E-state index contributed by atoms with van der Waals surface area (Å²) in [4.78, 5) is 15.6. The Hall–Kier alpha value is -1.46. The van der Waals surface area contributed by atoms with Crippen molar-refractivity contribution in [1.82, 2.24) is 15.6 Å². The molecule has 2 heterocycles. The Morgan fingerprint density at radius 1 is 1.50 bits per heavy atom. The van der Waals surface area contributed by atoms with Gasteiger partial charge in [-0.3, -0.25) is 9.78 Å². The van der Waals surface area contributed by atoms with Crippen LogP contribution in [0.3, 0.4) is 0 Å². The number of carbonyl (C=O) groups excluding carboxylic acids is 1. The van der Waals surface area contributed by atoms with Crippen LogP contribution in [0.2, 0.25) is 0 Å². The smallest absolute Gasteiger partial charge is 0.221 e. The molecule has 18 heavy (non-hydrogen) atoms. The van der Waals surface area contributed by atoms with Crippen LogP contribution in [0.5, 0.6) is 0 Å². The van der Waals surface area contributed by atoms with E-state index in [2.05, 4.69) is 15.6 Å². The van der Waals surface area contributed by atoms with Crippen LogP contribution in [-0.2, 0) is 16.0 Å². The second kappa shape index (κ2) is 7.08. The van der Waals surface area contributed by atoms with Gasteiger partial charge in [0.2, 0.25) is 5.91 Å². The summed E-state index contributed by atoms with van der Waals surface area (Å²) in [5.41, 5.74) is 1.18. The number of morpholine rings is 1. The molecule has 0 radical (unpaired) electrons. The lowest BCUT2D eigenvalue weighted by atomic mass is 10.1. The number of amides is 1. The summed E-state index contributed by atoms with van der Waals surface area (Å²) >= 11 is 0. The fraction of sp³-hybridized carbons (Fsp3) is 0.538. The number of hydrogen-bond donors (Lipinski definition) is 2. The Bertz CT molecular complexity index is 364. The molecule has 1 aliphatic rings. The fourth-order valence-corrected chi connectivity index (χ4v) is 1.94. The van der Waals surface area contributed by atoms with Gasteiger partial charge in [0.05, 0.1) is 13.2 Å². The summed E-state index contributed by atoms with van der Waals surface area (Å²) in [6, 6.07) is 4.07. The minimum absolute atomic E-state index is 0.0760. The van der Waals surface area contributed by atoms with Crippen molar-refractivity contribution < 1.29 is 9.53 Å². The summed E-state index contributed by atoms with van der Waals surface area (Å²) in [6.07, 6.45) is 4.85. The molecule has 1 atom stereocenters. The first-order chi connectivity index (χ1) is 8.84. The Balaban J connectivity index is 1.62. The van der Waals surface area contributed by atoms with Crippen molar-refractivity contribution in [2.24, 2.45) is 0 Å². The molecule has 0 bridgehead atoms. The predicted molar refractivity (Wildman–Crippen MR) is 68.2 cm³/mol. The molecule has 1 fully saturated rings. The normalized spacial score (nSPS) is 19.4. The van der Waals surface area contributed by atoms with Gasteiger partial charge in [-0.25, -0.2) is 0 Å². The monoisotopic (exact) mass is 249 g/mol. The molecule has 1 unspecified atom stereocenters. The highest BCUT2D eigenvalue weighted by Crippen LogP contribution is 1.99. The van der Waals surface area contributed by atoms with Crippen LogP contribution in [0.25, 0.3) is 0 Å². The lowest BCUT2D eigenvalue weighted by Gasteiger charge is -2.23. The third-order valence-corrected chi connectivity index (χ3v) is 2.92. The molecule has 98 valence electrons. The van der Waals surface area contributed by atoms with Crippen molar-refractivity contribution in [2.45, 2.75) is 18.9 Å². The van der Waals surface area contributed by atoms with Gasteiger partial charge < -0.3 is 15.4 Å². The van der Waals surface area contributed by atoms with Crippen LogP contribution in [0, 0.1) is 0 Å². The molecule has 1 amide bonds. The van der Waals surface area contributed by atoms with Gasteiger partial charge in [-0.2, -0.15) is 0 Å². The first kappa shape index (κ1) is 13.0. The molecule has 1 aromatic rings. The number of nitrogens with one attached hydrogen (secondary N) is 2. The maximum Gasteiger partial charge on any atom is 0.221 e. The SMILES string of the molecule is O=C(CC1COCCN1)NCCc1ccncc1. The zero-order valence-corrected chi connectivity index (χ0v) is 10.4. The number of carbonyl (C=O) groups is 1. The highest BCUT2D eigenvalue weighted by atomic mass is 16.5. The zero-order valence-electron chi connectivity index (χ0n) is 10.4. The number of hydrogen-bond acceptors (Lipinski definition) is 4. The van der Waals surface area contributed by atoms with Gasteiger partial charge in [-0.05, 0) is 24.1 Å². The molecule has 2 N–H and O–H groups in total. The molecule has 0 aromatic carbocycles. The summed E-state index contributed by atoms with van der Waals surface area (Å²) in [6.45, 7) is 2.85. The molecular weight excluding hydrogens is 230 g/mol. The second-order valence-corrected chi connectivity index (χ2v) is 4.39. The van der Waals surface area contributed by atoms with Gasteiger partial charge >= 0.3 is 0 Å². The zero-order chi connectivity index (χ0) is 12.6. The summed E-state index contributed by atoms with van der Waals surface area (Å²) in [5.74, 6) is 0.0760. The largest absolute Gasteiger partial charge is 0.378 e. The lowest BCUT2D eigenvalue weighted by molar-refractivity contribution is -0.122. The number of rotatable bonds is 5. The van der Waals surface area contributed by atoms with E-state index in [-0.39, 0.29) is 11.9 Å². The number of aromatic nitrogens is 1. The predicted octanol–water partition coefficient (Wildman–Crippen LogP) is 0.119. The first-order valence-electron chi connectivity index (χ1n) is 6.31. The van der Waals surface area contributed by atoms with E-state index in [1.54, 1.807) is 12.4 Å². The third kappa shape index (κ3) is 4.43. The molecule has 5 heteroatoms. The minimum atomic E-state index is 0.0760. The summed E-state index contributed by atoms with van der Waals surface area (Å²) < 4.78 is 5.31. The van der Waals surface area contributed by atoms with Crippen LogP contribution in [0.15, 0.2) is 24.5 Å². The Kier molecular flexibility index (Phi) is 5.11. The van der Waals surface area contributed by atoms with Crippen molar-refractivity contribution in [3.63, 3.8) is 0 Å². The van der Waals surface area contributed by atoms with E-state index >= 15 is 0 Å². The van der Waals surface area contributed by atoms with E-state index in [9.17, 15) is 4.79 Å². The standard InChI is InChI=1S/C13H19N3O2/c17-13(9-12-10-18-8-7-15-12)16-6-3-11-1-4-14-5-2-11/h1-2,4-5,12,15H,3,6-10H2,(H,16,17). The van der Waals surface area contributed by atoms with Crippen molar-refractivity contribution >= 4 is 5.91 Å². The van der Waals surface area contributed by atoms with Gasteiger partial charge in [0.15, 0.2) is 0 Å². The number of nitrogens with zero attached hydrogens (tertiary/aromatic N) is 1. The molecule has 2 rings (SSSR count). The van der Waals surface area contributed by atoms with Gasteiger partial charge in [0, 0.05) is 37.9 Å². The molecule has 1 aliphatic heterocycles. The molecule has 1 saturated heterocycles. The minimum Gasteiger partial charge on any atom is -0.378 e. The Labute approximate surface area is 107 Å². The van der Waals surface area contributed by atoms with Gasteiger partial charge in [0.25, 0.3) is 0 Å². The maximum absolute atomic E-state index is 11.7. The van der Waals surface area contributed by atoms with Crippen molar-refractivity contribution in [1.29, 1.82) is 0 Å². The Morgan fingerprint density at radius 2 is 2.33 bits per heavy atom.